The number of aromatic carboxylic acids is 1. The Morgan fingerprint density at radius 2 is 1.94 bits per heavy atom. The maximum Gasteiger partial charge on any atom is 0.339 e. The molecule has 0 radical (unpaired) electrons. The normalized spacial score (nSPS) is 9.94. The van der Waals surface area contributed by atoms with Crippen LogP contribution < -0.4 is 5.32 Å². The van der Waals surface area contributed by atoms with Gasteiger partial charge in [0.15, 0.2) is 0 Å². The van der Waals surface area contributed by atoms with Crippen LogP contribution in [0, 0.1) is 7.14 Å². The summed E-state index contributed by atoms with van der Waals surface area (Å²) < 4.78 is 0.879. The van der Waals surface area contributed by atoms with Crippen LogP contribution in [0.25, 0.3) is 0 Å². The summed E-state index contributed by atoms with van der Waals surface area (Å²) >= 11 is 3.69. The minimum atomic E-state index is -1.21. The molecular weight excluding hydrogens is 440 g/mol. The zero-order valence-electron chi connectivity index (χ0n) is 8.04. The lowest BCUT2D eigenvalue weighted by atomic mass is 10.2. The van der Waals surface area contributed by atoms with E-state index in [4.69, 9.17) is 5.11 Å². The molecule has 0 fully saturated rings. The highest BCUT2D eigenvalue weighted by Crippen LogP contribution is 2.35. The fraction of sp³-hybridized carbons (Fsp3) is 0.111. The number of rotatable bonds is 2. The summed E-state index contributed by atoms with van der Waals surface area (Å²) in [6, 6.07) is 1.31. The topological polar surface area (TPSA) is 86.6 Å². The average Bonchev–Trinajstić information content (AvgIpc) is 2.17. The van der Waals surface area contributed by atoms with Crippen molar-refractivity contribution in [3.05, 3.63) is 18.8 Å². The Balaban J connectivity index is 3.39. The van der Waals surface area contributed by atoms with Crippen molar-refractivity contribution in [1.29, 1.82) is 0 Å². The Morgan fingerprint density at radius 3 is 2.38 bits per heavy atom. The van der Waals surface area contributed by atoms with Crippen molar-refractivity contribution in [2.24, 2.45) is 0 Å². The number of benzene rings is 1. The van der Waals surface area contributed by atoms with Crippen molar-refractivity contribution in [2.45, 2.75) is 6.92 Å². The molecule has 0 bridgehead atoms. The van der Waals surface area contributed by atoms with Crippen molar-refractivity contribution >= 4 is 62.7 Å². The van der Waals surface area contributed by atoms with Gasteiger partial charge in [-0.25, -0.2) is 4.79 Å². The van der Waals surface area contributed by atoms with Gasteiger partial charge in [-0.1, -0.05) is 0 Å². The number of hydrogen-bond acceptors (Lipinski definition) is 3. The SMILES string of the molecule is CC(=O)Nc1c(I)cc(C(=O)O)c(O)c1I. The Hall–Kier alpha value is -0.580. The summed E-state index contributed by atoms with van der Waals surface area (Å²) in [5.74, 6) is -1.82. The number of carbonyl (C=O) groups is 2. The fourth-order valence-electron chi connectivity index (χ4n) is 1.06. The third-order valence-electron chi connectivity index (χ3n) is 1.72. The van der Waals surface area contributed by atoms with Crippen LogP contribution in [0.1, 0.15) is 17.3 Å². The molecule has 0 heterocycles. The maximum absolute atomic E-state index is 10.9. The van der Waals surface area contributed by atoms with Crippen molar-refractivity contribution in [2.75, 3.05) is 5.32 Å². The molecule has 5 nitrogen and oxygen atoms in total. The van der Waals surface area contributed by atoms with Gasteiger partial charge in [-0.15, -0.1) is 0 Å². The van der Waals surface area contributed by atoms with E-state index in [9.17, 15) is 14.7 Å². The molecule has 3 N–H and O–H groups in total. The number of carbonyl (C=O) groups excluding carboxylic acids is 1. The Kier molecular flexibility index (Phi) is 4.35. The van der Waals surface area contributed by atoms with E-state index < -0.39 is 5.97 Å². The zero-order valence-corrected chi connectivity index (χ0v) is 12.4. The first-order chi connectivity index (χ1) is 7.34. The second kappa shape index (κ2) is 5.17. The molecule has 86 valence electrons. The summed E-state index contributed by atoms with van der Waals surface area (Å²) in [5.41, 5.74) is 0.249. The van der Waals surface area contributed by atoms with Gasteiger partial charge in [0, 0.05) is 10.5 Å². The van der Waals surface area contributed by atoms with E-state index in [1.54, 1.807) is 22.6 Å². The van der Waals surface area contributed by atoms with E-state index in [2.05, 4.69) is 5.32 Å². The lowest BCUT2D eigenvalue weighted by Crippen LogP contribution is -2.10. The molecule has 0 aliphatic carbocycles. The molecule has 0 saturated heterocycles. The standard InChI is InChI=1S/C9H7I2NO4/c1-3(13)12-7-5(10)2-4(9(15)16)8(14)6(7)11/h2,14H,1H3,(H,12,13)(H,15,16). The van der Waals surface area contributed by atoms with E-state index in [0.29, 0.717) is 12.8 Å². The number of nitrogens with one attached hydrogen (secondary N) is 1. The highest BCUT2D eigenvalue weighted by molar-refractivity contribution is 14.1. The number of carboxylic acid groups (broad SMARTS) is 1. The van der Waals surface area contributed by atoms with Crippen LogP contribution in [0.15, 0.2) is 6.07 Å². The van der Waals surface area contributed by atoms with E-state index in [-0.39, 0.29) is 17.2 Å². The van der Waals surface area contributed by atoms with Gasteiger partial charge in [0.1, 0.15) is 11.3 Å². The smallest absolute Gasteiger partial charge is 0.339 e. The Labute approximate surface area is 119 Å². The monoisotopic (exact) mass is 447 g/mol. The molecule has 16 heavy (non-hydrogen) atoms. The van der Waals surface area contributed by atoms with E-state index in [0.717, 1.165) is 0 Å². The minimum Gasteiger partial charge on any atom is -0.506 e. The molecule has 0 aliphatic rings. The lowest BCUT2D eigenvalue weighted by Gasteiger charge is -2.11. The molecule has 1 rings (SSSR count). The lowest BCUT2D eigenvalue weighted by molar-refractivity contribution is -0.114. The summed E-state index contributed by atoms with van der Waals surface area (Å²) in [4.78, 5) is 21.7. The maximum atomic E-state index is 10.9. The number of halogens is 2. The quantitative estimate of drug-likeness (QED) is 0.608. The number of phenols is 1. The van der Waals surface area contributed by atoms with Crippen molar-refractivity contribution < 1.29 is 19.8 Å². The van der Waals surface area contributed by atoms with Crippen LogP contribution in [-0.2, 0) is 4.79 Å². The van der Waals surface area contributed by atoms with Crippen LogP contribution >= 0.6 is 45.2 Å². The average molecular weight is 447 g/mol. The molecular formula is C9H7I2NO4. The number of amides is 1. The molecule has 0 unspecified atom stereocenters. The Morgan fingerprint density at radius 1 is 1.38 bits per heavy atom. The third-order valence-corrected chi connectivity index (χ3v) is 3.62. The molecule has 0 aromatic heterocycles. The highest BCUT2D eigenvalue weighted by Gasteiger charge is 2.19. The first kappa shape index (κ1) is 13.5. The first-order valence-corrected chi connectivity index (χ1v) is 6.22. The third kappa shape index (κ3) is 2.75. The van der Waals surface area contributed by atoms with Crippen LogP contribution in [0.3, 0.4) is 0 Å². The summed E-state index contributed by atoms with van der Waals surface area (Å²) in [6.07, 6.45) is 0. The predicted molar refractivity (Wildman–Crippen MR) is 74.8 cm³/mol. The molecule has 1 aromatic carbocycles. The fourth-order valence-corrected chi connectivity index (χ4v) is 3.01. The molecule has 7 heteroatoms. The van der Waals surface area contributed by atoms with Crippen LogP contribution in [0.2, 0.25) is 0 Å². The van der Waals surface area contributed by atoms with Crippen molar-refractivity contribution in [1.82, 2.24) is 0 Å². The number of aromatic hydroxyl groups is 1. The predicted octanol–water partition coefficient (Wildman–Crippen LogP) is 2.26. The number of carboxylic acids is 1. The second-order valence-corrected chi connectivity index (χ2v) is 5.17. The second-order valence-electron chi connectivity index (χ2n) is 2.93. The largest absolute Gasteiger partial charge is 0.506 e. The number of hydrogen-bond donors (Lipinski definition) is 3. The van der Waals surface area contributed by atoms with Gasteiger partial charge >= 0.3 is 5.97 Å². The molecule has 1 aromatic rings. The van der Waals surface area contributed by atoms with Crippen molar-refractivity contribution in [3.8, 4) is 5.75 Å². The summed E-state index contributed by atoms with van der Waals surface area (Å²) in [7, 11) is 0. The van der Waals surface area contributed by atoms with Crippen LogP contribution in [0.4, 0.5) is 5.69 Å². The summed E-state index contributed by atoms with van der Waals surface area (Å²) in [6.45, 7) is 1.34. The van der Waals surface area contributed by atoms with Crippen molar-refractivity contribution in [3.63, 3.8) is 0 Å². The molecule has 0 spiro atoms. The van der Waals surface area contributed by atoms with Gasteiger partial charge in [0.05, 0.1) is 9.26 Å². The van der Waals surface area contributed by atoms with Crippen LogP contribution in [-0.4, -0.2) is 22.1 Å². The van der Waals surface area contributed by atoms with Crippen LogP contribution in [0.5, 0.6) is 5.75 Å². The molecule has 0 atom stereocenters. The van der Waals surface area contributed by atoms with Gasteiger partial charge in [0.2, 0.25) is 5.91 Å². The molecule has 0 aliphatic heterocycles. The van der Waals surface area contributed by atoms with E-state index in [1.807, 2.05) is 22.6 Å². The Bertz CT molecular complexity index is 473. The van der Waals surface area contributed by atoms with E-state index in [1.165, 1.54) is 13.0 Å². The van der Waals surface area contributed by atoms with Gasteiger partial charge in [-0.2, -0.15) is 0 Å². The molecule has 0 saturated carbocycles. The zero-order chi connectivity index (χ0) is 12.5. The summed E-state index contributed by atoms with van der Waals surface area (Å²) in [5, 5.41) is 21.0. The van der Waals surface area contributed by atoms with Gasteiger partial charge < -0.3 is 15.5 Å². The minimum absolute atomic E-state index is 0.178. The van der Waals surface area contributed by atoms with Gasteiger partial charge in [-0.05, 0) is 51.2 Å². The number of anilines is 1. The van der Waals surface area contributed by atoms with E-state index >= 15 is 0 Å². The first-order valence-electron chi connectivity index (χ1n) is 4.06. The molecule has 1 amide bonds. The van der Waals surface area contributed by atoms with Gasteiger partial charge in [0.25, 0.3) is 0 Å². The van der Waals surface area contributed by atoms with Gasteiger partial charge in [-0.3, -0.25) is 4.79 Å². The highest BCUT2D eigenvalue weighted by atomic mass is 127.